The fourth-order valence-corrected chi connectivity index (χ4v) is 16.2. The zero-order valence-electron chi connectivity index (χ0n) is 78.0. The van der Waals surface area contributed by atoms with Gasteiger partial charge in [-0.1, -0.05) is 77.7 Å². The molecule has 6 heterocycles. The summed E-state index contributed by atoms with van der Waals surface area (Å²) in [5.74, 6) is -0.440. The maximum absolute atomic E-state index is 13.0. The van der Waals surface area contributed by atoms with Crippen molar-refractivity contribution < 1.29 is 97.1 Å². The molecule has 0 aliphatic carbocycles. The van der Waals surface area contributed by atoms with Gasteiger partial charge in [0.25, 0.3) is 43.5 Å². The van der Waals surface area contributed by atoms with Crippen molar-refractivity contribution in [2.24, 2.45) is 5.73 Å². The number of nitrogens with zero attached hydrogens (tertiary/aromatic N) is 12. The molecule has 12 aromatic rings. The summed E-state index contributed by atoms with van der Waals surface area (Å²) in [4.78, 5) is 148. The molecule has 144 heavy (non-hydrogen) atoms. The van der Waals surface area contributed by atoms with Crippen molar-refractivity contribution in [1.82, 2.24) is 54.8 Å². The van der Waals surface area contributed by atoms with Crippen molar-refractivity contribution in [2.45, 2.75) is 170 Å². The van der Waals surface area contributed by atoms with Crippen molar-refractivity contribution in [3.63, 3.8) is 0 Å². The number of thiol groups is 1. The maximum Gasteiger partial charge on any atom is 0.416 e. The highest BCUT2D eigenvalue weighted by Crippen LogP contribution is 2.37. The summed E-state index contributed by atoms with van der Waals surface area (Å²) in [5.41, 5.74) is -6.51. The number of halogens is 19. The average molecular weight is 2220 g/mol. The van der Waals surface area contributed by atoms with E-state index in [1.807, 2.05) is 29.5 Å². The molecule has 12 rings (SSSR count). The summed E-state index contributed by atoms with van der Waals surface area (Å²) in [6.45, 7) is 19.6. The van der Waals surface area contributed by atoms with Crippen molar-refractivity contribution in [1.29, 1.82) is 5.41 Å². The third-order valence-electron chi connectivity index (χ3n) is 21.4. The predicted octanol–water partition coefficient (Wildman–Crippen LogP) is 15.6. The number of nitrogens with two attached hydrogens (primary N) is 1. The smallest absolute Gasteiger partial charge is 0.394 e. The lowest BCUT2D eigenvalue weighted by Crippen LogP contribution is -2.43. The van der Waals surface area contributed by atoms with Crippen LogP contribution >= 0.6 is 47.0 Å². The Balaban J connectivity index is 0.000000235. The molecule has 0 aliphatic heterocycles. The van der Waals surface area contributed by atoms with Gasteiger partial charge in [0.1, 0.15) is 0 Å². The summed E-state index contributed by atoms with van der Waals surface area (Å²) in [6, 6.07) is 29.3. The molecular weight excluding hydrogens is 2120 g/mol. The van der Waals surface area contributed by atoms with Crippen LogP contribution in [0.15, 0.2) is 240 Å². The molecule has 0 saturated heterocycles. The fourth-order valence-electron chi connectivity index (χ4n) is 14.3. The molecule has 0 bridgehead atoms. The zero-order chi connectivity index (χ0) is 109. The summed E-state index contributed by atoms with van der Waals surface area (Å²) in [5, 5.41) is 16.2. The van der Waals surface area contributed by atoms with Crippen LogP contribution in [-0.2, 0) is 47.2 Å². The molecule has 6 aromatic carbocycles. The first-order chi connectivity index (χ1) is 66.5. The van der Waals surface area contributed by atoms with Crippen LogP contribution in [0.4, 0.5) is 79.0 Å². The summed E-state index contributed by atoms with van der Waals surface area (Å²) >= 11 is 7.08. The van der Waals surface area contributed by atoms with Crippen LogP contribution in [0, 0.1) is 47.0 Å². The molecule has 778 valence electrons. The Hall–Kier alpha value is -13.1. The van der Waals surface area contributed by atoms with Crippen LogP contribution in [0.5, 0.6) is 0 Å². The quantitative estimate of drug-likeness (QED) is 0.00900. The number of nitrogens with one attached hydrogen (secondary N) is 1. The number of aliphatic hydroxyl groups excluding tert-OH is 1. The molecule has 0 saturated carbocycles. The normalized spacial score (nSPS) is 13.2. The van der Waals surface area contributed by atoms with E-state index in [4.69, 9.17) is 20.8 Å². The topological polar surface area (TPSA) is 388 Å². The molecular formula is C92H93F18IN14O16S3. The lowest BCUT2D eigenvalue weighted by Gasteiger charge is -2.18. The Bertz CT molecular complexity index is 7100. The molecule has 0 spiro atoms. The highest BCUT2D eigenvalue weighted by molar-refractivity contribution is 14.1. The standard InChI is InChI=1S/C16H17F3N4O2S.C16H17F3N2O2.C15H14F3IN2O2.C15H15F3N2O5S.C15H15F3N2O3.C15H15F3N2O2S/c1-9-6-13(24)23(10(2)8-26-14(20)21)15(25)22(9)12-5-3-4-11(7-12)16(17,18)19;1-4-10(2)21-14(22)8-11(3)20(15(21)23)13-7-5-6-12(9-13)16(17,18)19;1-9-6-13(22)21(10(2)8-19)14(23)20(9)12-5-3-4-11(7-12)15(16,17)18;1-9-6-13(21)20(10(2)8-26(23,24)25)14(22)19(9)12-5-3-4-11(7-12)15(16,17)18;1-9-6-13(22)20(10(2)8-21)14(23)19(9)12-5-3-4-11(7-12)15(16,17)18;1-9-6-13(21)20(10(2)8-23)14(22)19(9)12-5-3-4-11(7-12)15(16,17)18/h3-7,10H,8H2,1-2H3,(H3,20,21);5-10H,4H2,1-3H3;3-7,10H,8H2,1-2H3;3-7,10H,8H2,1-2H3,(H,23,24,25);3-7,10,21H,8H2,1-2H3;3-7,10,23H,8H2,1-2H3/t6*10-/m111111/s1. The lowest BCUT2D eigenvalue weighted by atomic mass is 10.2. The first kappa shape index (κ1) is 118. The highest BCUT2D eigenvalue weighted by Gasteiger charge is 2.37. The Morgan fingerprint density at radius 3 is 0.722 bits per heavy atom. The van der Waals surface area contributed by atoms with Crippen molar-refractivity contribution in [3.05, 3.63) is 375 Å². The van der Waals surface area contributed by atoms with E-state index in [1.165, 1.54) is 146 Å². The number of aromatic nitrogens is 12. The number of alkyl halides is 19. The molecule has 52 heteroatoms. The molecule has 5 N–H and O–H groups in total. The molecule has 0 fully saturated rings. The third kappa shape index (κ3) is 29.2. The maximum atomic E-state index is 13.0. The third-order valence-corrected chi connectivity index (χ3v) is 25.1. The van der Waals surface area contributed by atoms with Crippen molar-refractivity contribution >= 4 is 62.3 Å². The minimum absolute atomic E-state index is 0.00112. The van der Waals surface area contributed by atoms with Crippen LogP contribution in [-0.4, -0.2) is 106 Å². The molecule has 0 aliphatic rings. The number of rotatable bonds is 20. The molecule has 0 amide bonds. The second kappa shape index (κ2) is 47.6. The van der Waals surface area contributed by atoms with E-state index in [9.17, 15) is 145 Å². The summed E-state index contributed by atoms with van der Waals surface area (Å²) in [6.07, 6.45) is -26.7. The first-order valence-electron chi connectivity index (χ1n) is 42.4. The number of benzene rings is 6. The lowest BCUT2D eigenvalue weighted by molar-refractivity contribution is -0.138. The van der Waals surface area contributed by atoms with E-state index in [-0.39, 0.29) is 91.4 Å². The Labute approximate surface area is 827 Å². The number of hydrogen-bond acceptors (Lipinski definition) is 18. The van der Waals surface area contributed by atoms with Gasteiger partial charge in [-0.25, -0.2) is 28.8 Å². The van der Waals surface area contributed by atoms with Crippen LogP contribution in [0.25, 0.3) is 34.1 Å². The summed E-state index contributed by atoms with van der Waals surface area (Å²) in [7, 11) is -4.48. The van der Waals surface area contributed by atoms with Gasteiger partial charge in [-0.2, -0.15) is 100 Å². The largest absolute Gasteiger partial charge is 0.416 e. The van der Waals surface area contributed by atoms with Crippen LogP contribution < -0.4 is 73.2 Å². The van der Waals surface area contributed by atoms with Gasteiger partial charge in [0.05, 0.1) is 91.9 Å². The van der Waals surface area contributed by atoms with Gasteiger partial charge >= 0.3 is 71.2 Å². The van der Waals surface area contributed by atoms with Gasteiger partial charge in [-0.05, 0) is 199 Å². The van der Waals surface area contributed by atoms with E-state index < -0.39 is 185 Å². The minimum Gasteiger partial charge on any atom is -0.394 e. The fraction of sp³-hybridized carbons (Fsp3) is 0.337. The SMILES string of the molecule is CC[C@@H](C)n1c(=O)cc(C)n(-c2cccc(C(F)(F)F)c2)c1=O.Cc1cc(=O)n([C@H](C)CI)c(=O)n1-c1cccc(C(F)(F)F)c1.Cc1cc(=O)n([C@H](C)CO)c(=O)n1-c1cccc(C(F)(F)F)c1.Cc1cc(=O)n([C@H](C)CS(=O)(=O)O)c(=O)n1-c1cccc(C(F)(F)F)c1.Cc1cc(=O)n([C@H](C)CS)c(=O)n1-c1cccc(C(F)(F)F)c1.Cc1cc(=O)n([C@H](C)CSC(=N)N)c(=O)n1-c1cccc(C(F)(F)F)c1. The molecule has 30 nitrogen and oxygen atoms in total. The molecule has 0 unspecified atom stereocenters. The average Bonchev–Trinajstić information content (AvgIpc) is 0.802. The Kier molecular flexibility index (Phi) is 39.0. The van der Waals surface area contributed by atoms with E-state index in [2.05, 4.69) is 12.6 Å². The van der Waals surface area contributed by atoms with E-state index in [0.29, 0.717) is 21.1 Å². The van der Waals surface area contributed by atoms with Crippen molar-refractivity contribution in [2.75, 3.05) is 28.3 Å². The number of aliphatic hydroxyl groups is 1. The van der Waals surface area contributed by atoms with Gasteiger partial charge in [0, 0.05) is 111 Å². The van der Waals surface area contributed by atoms with Gasteiger partial charge in [0.15, 0.2) is 5.17 Å². The molecule has 6 aromatic heterocycles. The van der Waals surface area contributed by atoms with Gasteiger partial charge < -0.3 is 10.8 Å². The number of amidine groups is 1. The summed E-state index contributed by atoms with van der Waals surface area (Å²) < 4.78 is 275. The predicted molar refractivity (Wildman–Crippen MR) is 515 cm³/mol. The number of thioether (sulfide) groups is 1. The number of hydrogen-bond donors (Lipinski definition) is 5. The van der Waals surface area contributed by atoms with Crippen LogP contribution in [0.3, 0.4) is 0 Å². The van der Waals surface area contributed by atoms with Crippen LogP contribution in [0.1, 0.15) is 159 Å². The zero-order valence-corrected chi connectivity index (χ0v) is 82.7. The van der Waals surface area contributed by atoms with Crippen molar-refractivity contribution in [3.8, 4) is 34.1 Å². The van der Waals surface area contributed by atoms with Gasteiger partial charge in [0.2, 0.25) is 0 Å². The number of aryl methyl sites for hydroxylation is 6. The monoisotopic (exact) mass is 2210 g/mol. The highest BCUT2D eigenvalue weighted by atomic mass is 127. The minimum atomic E-state index is -4.62. The van der Waals surface area contributed by atoms with Gasteiger partial charge in [-0.15, -0.1) is 0 Å². The first-order valence-corrected chi connectivity index (χ1v) is 47.1. The van der Waals surface area contributed by atoms with Gasteiger partial charge in [-0.3, -0.25) is 93.5 Å². The second-order valence-electron chi connectivity index (χ2n) is 32.4. The van der Waals surface area contributed by atoms with E-state index in [0.717, 1.165) is 153 Å². The van der Waals surface area contributed by atoms with E-state index in [1.54, 1.807) is 27.7 Å². The van der Waals surface area contributed by atoms with E-state index >= 15 is 0 Å². The Morgan fingerprint density at radius 2 is 0.542 bits per heavy atom. The molecule has 0 radical (unpaired) electrons. The molecule has 6 atom stereocenters. The Morgan fingerprint density at radius 1 is 0.347 bits per heavy atom. The second-order valence-corrected chi connectivity index (χ2v) is 36.2. The van der Waals surface area contributed by atoms with Crippen LogP contribution in [0.2, 0.25) is 0 Å².